The van der Waals surface area contributed by atoms with E-state index in [1.165, 1.54) is 29.4 Å². The Bertz CT molecular complexity index is 1330. The molecule has 178 valence electrons. The Hall–Kier alpha value is -3.84. The number of aromatic amines is 1. The lowest BCUT2D eigenvalue weighted by molar-refractivity contribution is -0.159. The molecule has 4 aromatic heterocycles. The van der Waals surface area contributed by atoms with Crippen LogP contribution in [-0.2, 0) is 6.18 Å². The lowest BCUT2D eigenvalue weighted by atomic mass is 10.1. The quantitative estimate of drug-likeness (QED) is 0.369. The summed E-state index contributed by atoms with van der Waals surface area (Å²) in [7, 11) is 0. The highest BCUT2D eigenvalue weighted by molar-refractivity contribution is 5.99. The van der Waals surface area contributed by atoms with Gasteiger partial charge in [0.15, 0.2) is 0 Å². The first-order valence-corrected chi connectivity index (χ1v) is 10.1. The fourth-order valence-corrected chi connectivity index (χ4v) is 3.49. The third-order valence-corrected chi connectivity index (χ3v) is 5.12. The second kappa shape index (κ2) is 9.19. The summed E-state index contributed by atoms with van der Waals surface area (Å²) < 4.78 is 42.6. The molecular weight excluding hydrogens is 457 g/mol. The van der Waals surface area contributed by atoms with E-state index in [4.69, 9.17) is 0 Å². The van der Waals surface area contributed by atoms with Crippen LogP contribution in [0.1, 0.15) is 21.9 Å². The zero-order chi connectivity index (χ0) is 24.5. The van der Waals surface area contributed by atoms with Gasteiger partial charge in [-0.1, -0.05) is 5.16 Å². The minimum absolute atomic E-state index is 0.0695. The maximum atomic E-state index is 12.8. The van der Waals surface area contributed by atoms with Gasteiger partial charge in [0.25, 0.3) is 5.91 Å². The molecule has 0 aliphatic heterocycles. The van der Waals surface area contributed by atoms with Crippen molar-refractivity contribution < 1.29 is 32.7 Å². The minimum Gasteiger partial charge on any atom is -0.395 e. The molecule has 4 rings (SSSR count). The molecule has 0 aliphatic carbocycles. The number of alkyl halides is 3. The number of hydrogen-bond acceptors (Lipinski definition) is 8. The first-order valence-electron chi connectivity index (χ1n) is 10.1. The molecule has 3 N–H and O–H groups in total. The smallest absolute Gasteiger partial charge is 0.395 e. The standard InChI is InChI=1S/C21H19F3N6O4/c1-11-13-9-15(19(33)30(4-6-31)5-7-32)27-16(13)10-26-17(11)14-8-12(2-3-25-14)18-28-20(34-29-18)21(22,23)24/h2-3,8-10,27,31-32H,4-7H2,1H3. The van der Waals surface area contributed by atoms with Gasteiger partial charge in [-0.05, 0) is 30.7 Å². The molecule has 0 bridgehead atoms. The summed E-state index contributed by atoms with van der Waals surface area (Å²) in [5.74, 6) is -2.08. The molecule has 0 aliphatic rings. The van der Waals surface area contributed by atoms with Gasteiger partial charge in [-0.2, -0.15) is 18.2 Å². The van der Waals surface area contributed by atoms with E-state index in [0.29, 0.717) is 27.9 Å². The van der Waals surface area contributed by atoms with Crippen molar-refractivity contribution in [3.8, 4) is 22.8 Å². The third-order valence-electron chi connectivity index (χ3n) is 5.12. The molecule has 13 heteroatoms. The van der Waals surface area contributed by atoms with Crippen LogP contribution in [0.25, 0.3) is 33.7 Å². The molecule has 4 aromatic rings. The summed E-state index contributed by atoms with van der Waals surface area (Å²) >= 11 is 0. The van der Waals surface area contributed by atoms with E-state index in [-0.39, 0.29) is 43.4 Å². The number of aromatic nitrogens is 5. The van der Waals surface area contributed by atoms with Gasteiger partial charge in [0.2, 0.25) is 5.82 Å². The number of pyridine rings is 2. The van der Waals surface area contributed by atoms with Crippen LogP contribution in [0.2, 0.25) is 0 Å². The van der Waals surface area contributed by atoms with E-state index in [1.54, 1.807) is 13.0 Å². The minimum atomic E-state index is -4.75. The Morgan fingerprint density at radius 3 is 2.56 bits per heavy atom. The first kappa shape index (κ1) is 23.3. The van der Waals surface area contributed by atoms with E-state index in [2.05, 4.69) is 29.6 Å². The van der Waals surface area contributed by atoms with E-state index >= 15 is 0 Å². The number of H-pyrrole nitrogens is 1. The molecule has 1 amide bonds. The molecule has 0 aromatic carbocycles. The van der Waals surface area contributed by atoms with Gasteiger partial charge in [0.05, 0.1) is 36.3 Å². The van der Waals surface area contributed by atoms with Crippen LogP contribution < -0.4 is 0 Å². The van der Waals surface area contributed by atoms with Crippen LogP contribution >= 0.6 is 0 Å². The number of carbonyl (C=O) groups is 1. The van der Waals surface area contributed by atoms with E-state index in [9.17, 15) is 28.2 Å². The van der Waals surface area contributed by atoms with Crippen LogP contribution in [0.5, 0.6) is 0 Å². The number of nitrogens with one attached hydrogen (secondary N) is 1. The van der Waals surface area contributed by atoms with Gasteiger partial charge in [0, 0.05) is 30.2 Å². The molecule has 0 spiro atoms. The molecule has 0 unspecified atom stereocenters. The van der Waals surface area contributed by atoms with Crippen molar-refractivity contribution in [3.63, 3.8) is 0 Å². The van der Waals surface area contributed by atoms with Crippen molar-refractivity contribution in [1.29, 1.82) is 0 Å². The van der Waals surface area contributed by atoms with Gasteiger partial charge in [0.1, 0.15) is 5.69 Å². The molecule has 0 atom stereocenters. The Labute approximate surface area is 190 Å². The fourth-order valence-electron chi connectivity index (χ4n) is 3.49. The Morgan fingerprint density at radius 1 is 1.18 bits per heavy atom. The number of amides is 1. The zero-order valence-corrected chi connectivity index (χ0v) is 17.8. The number of carbonyl (C=O) groups excluding carboxylic acids is 1. The average Bonchev–Trinajstić information content (AvgIpc) is 3.47. The number of fused-ring (bicyclic) bond motifs is 1. The summed E-state index contributed by atoms with van der Waals surface area (Å²) in [6, 6.07) is 4.58. The van der Waals surface area contributed by atoms with Gasteiger partial charge in [-0.3, -0.25) is 14.8 Å². The number of halogens is 3. The highest BCUT2D eigenvalue weighted by Crippen LogP contribution is 2.31. The van der Waals surface area contributed by atoms with Crippen molar-refractivity contribution in [2.24, 2.45) is 0 Å². The number of hydrogen-bond donors (Lipinski definition) is 3. The predicted molar refractivity (Wildman–Crippen MR) is 112 cm³/mol. The zero-order valence-electron chi connectivity index (χ0n) is 17.8. The molecule has 0 fully saturated rings. The van der Waals surface area contributed by atoms with Crippen molar-refractivity contribution >= 4 is 16.8 Å². The Morgan fingerprint density at radius 2 is 1.91 bits per heavy atom. The summed E-state index contributed by atoms with van der Waals surface area (Å²) in [4.78, 5) is 29.1. The van der Waals surface area contributed by atoms with Gasteiger partial charge < -0.3 is 24.6 Å². The van der Waals surface area contributed by atoms with Crippen molar-refractivity contribution in [1.82, 2.24) is 30.0 Å². The third kappa shape index (κ3) is 4.47. The highest BCUT2D eigenvalue weighted by Gasteiger charge is 2.38. The molecule has 0 radical (unpaired) electrons. The van der Waals surface area contributed by atoms with Crippen molar-refractivity contribution in [2.45, 2.75) is 13.1 Å². The largest absolute Gasteiger partial charge is 0.471 e. The van der Waals surface area contributed by atoms with Crippen LogP contribution in [-0.4, -0.2) is 72.4 Å². The number of rotatable bonds is 7. The normalized spacial score (nSPS) is 11.8. The predicted octanol–water partition coefficient (Wildman–Crippen LogP) is 2.43. The molecule has 4 heterocycles. The van der Waals surface area contributed by atoms with Crippen molar-refractivity contribution in [2.75, 3.05) is 26.3 Å². The number of nitrogens with zero attached hydrogens (tertiary/aromatic N) is 5. The van der Waals surface area contributed by atoms with E-state index < -0.39 is 18.0 Å². The summed E-state index contributed by atoms with van der Waals surface area (Å²) in [6.07, 6.45) is -1.84. The second-order valence-electron chi connectivity index (χ2n) is 7.33. The topological polar surface area (TPSA) is 141 Å². The lowest BCUT2D eigenvalue weighted by Gasteiger charge is -2.19. The van der Waals surface area contributed by atoms with Crippen LogP contribution in [0.4, 0.5) is 13.2 Å². The average molecular weight is 476 g/mol. The van der Waals surface area contributed by atoms with Crippen LogP contribution in [0.3, 0.4) is 0 Å². The van der Waals surface area contributed by atoms with Gasteiger partial charge in [-0.15, -0.1) is 0 Å². The summed E-state index contributed by atoms with van der Waals surface area (Å²) in [6.45, 7) is 1.42. The monoisotopic (exact) mass is 476 g/mol. The second-order valence-corrected chi connectivity index (χ2v) is 7.33. The molecule has 34 heavy (non-hydrogen) atoms. The number of aliphatic hydroxyl groups is 2. The van der Waals surface area contributed by atoms with Crippen LogP contribution in [0.15, 0.2) is 35.1 Å². The fraction of sp³-hybridized carbons (Fsp3) is 0.286. The SMILES string of the molecule is Cc1c(-c2cc(-c3noc(C(F)(F)F)n3)ccn2)ncc2[nH]c(C(=O)N(CCO)CCO)cc12. The maximum Gasteiger partial charge on any atom is 0.471 e. The van der Waals surface area contributed by atoms with Crippen molar-refractivity contribution in [3.05, 3.63) is 47.7 Å². The van der Waals surface area contributed by atoms with Gasteiger partial charge in [-0.25, -0.2) is 0 Å². The summed E-state index contributed by atoms with van der Waals surface area (Å²) in [5, 5.41) is 22.4. The van der Waals surface area contributed by atoms with Crippen LogP contribution in [0, 0.1) is 6.92 Å². The van der Waals surface area contributed by atoms with Gasteiger partial charge >= 0.3 is 12.1 Å². The summed E-state index contributed by atoms with van der Waals surface area (Å²) in [5.41, 5.74) is 2.60. The molecular formula is C21H19F3N6O4. The molecule has 10 nitrogen and oxygen atoms in total. The number of aliphatic hydroxyl groups excluding tert-OH is 2. The molecule has 0 saturated heterocycles. The Kier molecular flexibility index (Phi) is 6.30. The van der Waals surface area contributed by atoms with E-state index in [0.717, 1.165) is 0 Å². The Balaban J connectivity index is 1.69. The lowest BCUT2D eigenvalue weighted by Crippen LogP contribution is -2.36. The maximum absolute atomic E-state index is 12.8. The number of aryl methyl sites for hydroxylation is 1. The highest BCUT2D eigenvalue weighted by atomic mass is 19.4. The first-order chi connectivity index (χ1) is 16.2. The van der Waals surface area contributed by atoms with E-state index in [1.807, 2.05) is 0 Å². The molecule has 0 saturated carbocycles.